The highest BCUT2D eigenvalue weighted by Gasteiger charge is 2.29. The van der Waals surface area contributed by atoms with Crippen molar-refractivity contribution in [2.24, 2.45) is 7.05 Å². The Morgan fingerprint density at radius 3 is 2.90 bits per heavy atom. The minimum Gasteiger partial charge on any atom is -0.497 e. The molecule has 0 fully saturated rings. The topological polar surface area (TPSA) is 47.4 Å². The molecule has 0 N–H and O–H groups in total. The fraction of sp³-hybridized carbons (Fsp3) is 0.375. The first-order chi connectivity index (χ1) is 10.1. The van der Waals surface area contributed by atoms with Gasteiger partial charge in [-0.25, -0.2) is 4.98 Å². The number of fused-ring (bicyclic) bond motifs is 1. The number of hydrogen-bond donors (Lipinski definition) is 0. The predicted molar refractivity (Wildman–Crippen MR) is 79.4 cm³/mol. The summed E-state index contributed by atoms with van der Waals surface area (Å²) in [5, 5.41) is 0. The number of imidazole rings is 1. The average Bonchev–Trinajstić information content (AvgIpc) is 2.93. The molecule has 1 amide bonds. The third kappa shape index (κ3) is 2.39. The van der Waals surface area contributed by atoms with Crippen molar-refractivity contribution < 1.29 is 9.53 Å². The number of aryl methyl sites for hydroxylation is 1. The summed E-state index contributed by atoms with van der Waals surface area (Å²) < 4.78 is 7.08. The number of carbonyl (C=O) groups excluding carboxylic acids is 1. The van der Waals surface area contributed by atoms with Gasteiger partial charge in [0.25, 0.3) is 5.91 Å². The van der Waals surface area contributed by atoms with Gasteiger partial charge in [-0.05, 0) is 36.6 Å². The Morgan fingerprint density at radius 1 is 1.43 bits per heavy atom. The Balaban J connectivity index is 1.91. The van der Waals surface area contributed by atoms with Gasteiger partial charge in [0.05, 0.1) is 19.5 Å². The molecule has 1 aliphatic heterocycles. The van der Waals surface area contributed by atoms with Crippen LogP contribution in [0.5, 0.6) is 5.75 Å². The van der Waals surface area contributed by atoms with Crippen LogP contribution >= 0.6 is 0 Å². The first-order valence-corrected chi connectivity index (χ1v) is 7.06. The van der Waals surface area contributed by atoms with E-state index in [1.165, 1.54) is 5.56 Å². The van der Waals surface area contributed by atoms with Crippen LogP contribution in [0.4, 0.5) is 0 Å². The van der Waals surface area contributed by atoms with Crippen molar-refractivity contribution in [3.05, 3.63) is 47.5 Å². The van der Waals surface area contributed by atoms with E-state index >= 15 is 0 Å². The molecule has 1 aromatic heterocycles. The van der Waals surface area contributed by atoms with Crippen LogP contribution in [0.15, 0.2) is 30.7 Å². The Labute approximate surface area is 124 Å². The molecule has 1 atom stereocenters. The second-order valence-corrected chi connectivity index (χ2v) is 5.41. The number of hydrogen-bond acceptors (Lipinski definition) is 3. The quantitative estimate of drug-likeness (QED) is 0.849. The van der Waals surface area contributed by atoms with Crippen molar-refractivity contribution in [2.45, 2.75) is 19.4 Å². The number of aromatic nitrogens is 2. The minimum atomic E-state index is -0.0171. The molecule has 5 nitrogen and oxygen atoms in total. The van der Waals surface area contributed by atoms with Crippen LogP contribution in [-0.4, -0.2) is 34.0 Å². The van der Waals surface area contributed by atoms with Gasteiger partial charge in [-0.3, -0.25) is 4.79 Å². The maximum Gasteiger partial charge on any atom is 0.274 e. The zero-order chi connectivity index (χ0) is 15.0. The van der Waals surface area contributed by atoms with Crippen molar-refractivity contribution in [1.82, 2.24) is 14.5 Å². The van der Waals surface area contributed by atoms with Gasteiger partial charge in [0.2, 0.25) is 0 Å². The number of methoxy groups -OCH3 is 1. The largest absolute Gasteiger partial charge is 0.497 e. The number of benzene rings is 1. The molecule has 0 aliphatic carbocycles. The third-order valence-corrected chi connectivity index (χ3v) is 4.08. The fourth-order valence-corrected chi connectivity index (χ4v) is 2.87. The Morgan fingerprint density at radius 2 is 2.24 bits per heavy atom. The lowest BCUT2D eigenvalue weighted by Gasteiger charge is -2.35. The highest BCUT2D eigenvalue weighted by molar-refractivity contribution is 5.92. The van der Waals surface area contributed by atoms with Gasteiger partial charge >= 0.3 is 0 Å². The summed E-state index contributed by atoms with van der Waals surface area (Å²) in [7, 11) is 3.52. The molecule has 0 saturated carbocycles. The average molecular weight is 285 g/mol. The molecule has 0 saturated heterocycles. The first kappa shape index (κ1) is 13.7. The monoisotopic (exact) mass is 285 g/mol. The number of amides is 1. The van der Waals surface area contributed by atoms with Crippen molar-refractivity contribution in [1.29, 1.82) is 0 Å². The molecule has 5 heteroatoms. The lowest BCUT2D eigenvalue weighted by molar-refractivity contribution is 0.0671. The van der Waals surface area contributed by atoms with E-state index in [1.54, 1.807) is 24.2 Å². The summed E-state index contributed by atoms with van der Waals surface area (Å²) in [6.45, 7) is 2.77. The lowest BCUT2D eigenvalue weighted by Crippen LogP contribution is -2.39. The van der Waals surface area contributed by atoms with Gasteiger partial charge in [0.15, 0.2) is 0 Å². The van der Waals surface area contributed by atoms with Crippen molar-refractivity contribution >= 4 is 5.91 Å². The molecule has 3 rings (SSSR count). The van der Waals surface area contributed by atoms with E-state index < -0.39 is 0 Å². The van der Waals surface area contributed by atoms with Crippen LogP contribution in [-0.2, 0) is 13.5 Å². The normalized spacial score (nSPS) is 17.5. The van der Waals surface area contributed by atoms with Gasteiger partial charge in [-0.2, -0.15) is 0 Å². The van der Waals surface area contributed by atoms with Crippen molar-refractivity contribution in [3.8, 4) is 5.75 Å². The Kier molecular flexibility index (Phi) is 3.41. The SMILES string of the molecule is COc1ccc2c(c1)[C@@H](C)N(C(=O)c1cn(C)cn1)CC2. The fourth-order valence-electron chi connectivity index (χ4n) is 2.87. The number of carbonyl (C=O) groups is 1. The molecule has 2 aromatic rings. The highest BCUT2D eigenvalue weighted by Crippen LogP contribution is 2.32. The van der Waals surface area contributed by atoms with E-state index in [0.717, 1.165) is 24.3 Å². The summed E-state index contributed by atoms with van der Waals surface area (Å²) in [5.74, 6) is 0.810. The van der Waals surface area contributed by atoms with E-state index in [1.807, 2.05) is 24.1 Å². The lowest BCUT2D eigenvalue weighted by atomic mass is 9.93. The minimum absolute atomic E-state index is 0.0171. The van der Waals surface area contributed by atoms with Crippen LogP contribution < -0.4 is 4.74 Å². The Hall–Kier alpha value is -2.30. The van der Waals surface area contributed by atoms with Gasteiger partial charge in [0.1, 0.15) is 11.4 Å². The number of nitrogens with zero attached hydrogens (tertiary/aromatic N) is 3. The molecule has 21 heavy (non-hydrogen) atoms. The second kappa shape index (κ2) is 5.24. The summed E-state index contributed by atoms with van der Waals surface area (Å²) in [6.07, 6.45) is 4.28. The summed E-state index contributed by atoms with van der Waals surface area (Å²) in [5.41, 5.74) is 2.94. The molecule has 0 spiro atoms. The highest BCUT2D eigenvalue weighted by atomic mass is 16.5. The summed E-state index contributed by atoms with van der Waals surface area (Å²) in [6, 6.07) is 6.12. The molecule has 0 radical (unpaired) electrons. The van der Waals surface area contributed by atoms with E-state index in [9.17, 15) is 4.79 Å². The molecule has 0 bridgehead atoms. The zero-order valence-corrected chi connectivity index (χ0v) is 12.5. The summed E-state index contributed by atoms with van der Waals surface area (Å²) >= 11 is 0. The first-order valence-electron chi connectivity index (χ1n) is 7.06. The van der Waals surface area contributed by atoms with Crippen molar-refractivity contribution in [3.63, 3.8) is 0 Å². The second-order valence-electron chi connectivity index (χ2n) is 5.41. The van der Waals surface area contributed by atoms with Gasteiger partial charge in [-0.15, -0.1) is 0 Å². The predicted octanol–water partition coefficient (Wildman–Crippen LogP) is 2.19. The van der Waals surface area contributed by atoms with Crippen LogP contribution in [0.2, 0.25) is 0 Å². The van der Waals surface area contributed by atoms with Gasteiger partial charge < -0.3 is 14.2 Å². The maximum atomic E-state index is 12.6. The number of ether oxygens (including phenoxy) is 1. The molecular formula is C16H19N3O2. The van der Waals surface area contributed by atoms with E-state index in [4.69, 9.17) is 4.74 Å². The van der Waals surface area contributed by atoms with Crippen molar-refractivity contribution in [2.75, 3.05) is 13.7 Å². The molecule has 110 valence electrons. The molecule has 1 aromatic carbocycles. The Bertz CT molecular complexity index is 678. The van der Waals surface area contributed by atoms with Gasteiger partial charge in [0, 0.05) is 19.8 Å². The van der Waals surface area contributed by atoms with E-state index in [2.05, 4.69) is 18.0 Å². The summed E-state index contributed by atoms with van der Waals surface area (Å²) in [4.78, 5) is 18.6. The number of rotatable bonds is 2. The third-order valence-electron chi connectivity index (χ3n) is 4.08. The molecular weight excluding hydrogens is 266 g/mol. The smallest absolute Gasteiger partial charge is 0.274 e. The van der Waals surface area contributed by atoms with Crippen LogP contribution in [0.3, 0.4) is 0 Å². The van der Waals surface area contributed by atoms with Crippen LogP contribution in [0, 0.1) is 0 Å². The molecule has 0 unspecified atom stereocenters. The molecule has 1 aliphatic rings. The van der Waals surface area contributed by atoms with Crippen LogP contribution in [0.1, 0.15) is 34.6 Å². The van der Waals surface area contributed by atoms with E-state index in [-0.39, 0.29) is 11.9 Å². The van der Waals surface area contributed by atoms with Crippen LogP contribution in [0.25, 0.3) is 0 Å². The maximum absolute atomic E-state index is 12.6. The van der Waals surface area contributed by atoms with Gasteiger partial charge in [-0.1, -0.05) is 6.07 Å². The standard InChI is InChI=1S/C16H19N3O2/c1-11-14-8-13(21-3)5-4-12(14)6-7-19(11)16(20)15-9-18(2)10-17-15/h4-5,8-11H,6-7H2,1-3H3/t11-/m1/s1. The van der Waals surface area contributed by atoms with E-state index in [0.29, 0.717) is 5.69 Å². The zero-order valence-electron chi connectivity index (χ0n) is 12.5. The molecule has 2 heterocycles.